The van der Waals surface area contributed by atoms with Crippen LogP contribution in [0.3, 0.4) is 0 Å². The Bertz CT molecular complexity index is 703. The van der Waals surface area contributed by atoms with Crippen LogP contribution < -0.4 is 16.4 Å². The molecule has 23 heavy (non-hydrogen) atoms. The number of nitrogens with two attached hydrogens (primary N) is 1. The molecule has 0 aliphatic carbocycles. The molecule has 1 atom stereocenters. The standard InChI is InChI=1S/C18H21N3O2/c1-11-8-12(2)10-16(9-11)20-13(3)18(23)21-15-6-4-14(5-7-15)17(19)22/h4-10,13,20H,1-3H3,(H2,19,22)(H,21,23)/t13-/m0/s1. The predicted molar refractivity (Wildman–Crippen MR) is 92.6 cm³/mol. The summed E-state index contributed by atoms with van der Waals surface area (Å²) in [5.74, 6) is -0.649. The minimum Gasteiger partial charge on any atom is -0.374 e. The van der Waals surface area contributed by atoms with Crippen molar-refractivity contribution >= 4 is 23.2 Å². The van der Waals surface area contributed by atoms with Crippen LogP contribution in [0.5, 0.6) is 0 Å². The number of anilines is 2. The molecule has 0 bridgehead atoms. The van der Waals surface area contributed by atoms with Crippen molar-refractivity contribution in [1.82, 2.24) is 0 Å². The fourth-order valence-corrected chi connectivity index (χ4v) is 2.34. The fraction of sp³-hybridized carbons (Fsp3) is 0.222. The molecule has 2 amide bonds. The molecule has 2 rings (SSSR count). The molecular weight excluding hydrogens is 290 g/mol. The van der Waals surface area contributed by atoms with Crippen molar-refractivity contribution in [2.45, 2.75) is 26.8 Å². The van der Waals surface area contributed by atoms with Gasteiger partial charge in [-0.2, -0.15) is 0 Å². The highest BCUT2D eigenvalue weighted by Crippen LogP contribution is 2.15. The van der Waals surface area contributed by atoms with Gasteiger partial charge in [-0.05, 0) is 68.3 Å². The van der Waals surface area contributed by atoms with Crippen molar-refractivity contribution in [2.24, 2.45) is 5.73 Å². The number of primary amides is 1. The second-order valence-corrected chi connectivity index (χ2v) is 5.67. The summed E-state index contributed by atoms with van der Waals surface area (Å²) < 4.78 is 0. The number of hydrogen-bond acceptors (Lipinski definition) is 3. The fourth-order valence-electron chi connectivity index (χ4n) is 2.34. The summed E-state index contributed by atoms with van der Waals surface area (Å²) in [4.78, 5) is 23.3. The van der Waals surface area contributed by atoms with Crippen LogP contribution in [-0.4, -0.2) is 17.9 Å². The Labute approximate surface area is 135 Å². The molecule has 0 aromatic heterocycles. The summed E-state index contributed by atoms with van der Waals surface area (Å²) in [5, 5.41) is 5.99. The van der Waals surface area contributed by atoms with E-state index in [1.807, 2.05) is 26.0 Å². The summed E-state index contributed by atoms with van der Waals surface area (Å²) in [5.41, 5.74) is 9.41. The maximum atomic E-state index is 12.2. The zero-order valence-electron chi connectivity index (χ0n) is 13.5. The normalized spacial score (nSPS) is 11.6. The Morgan fingerprint density at radius 3 is 2.04 bits per heavy atom. The molecule has 2 aromatic rings. The highest BCUT2D eigenvalue weighted by atomic mass is 16.2. The third kappa shape index (κ3) is 4.57. The van der Waals surface area contributed by atoms with Crippen molar-refractivity contribution < 1.29 is 9.59 Å². The monoisotopic (exact) mass is 311 g/mol. The molecular formula is C18H21N3O2. The molecule has 0 saturated carbocycles. The molecule has 5 heteroatoms. The lowest BCUT2D eigenvalue weighted by Crippen LogP contribution is -2.31. The van der Waals surface area contributed by atoms with Gasteiger partial charge >= 0.3 is 0 Å². The molecule has 0 heterocycles. The second-order valence-electron chi connectivity index (χ2n) is 5.67. The molecule has 0 saturated heterocycles. The van der Waals surface area contributed by atoms with Crippen LogP contribution in [0.1, 0.15) is 28.4 Å². The van der Waals surface area contributed by atoms with Crippen LogP contribution >= 0.6 is 0 Å². The quantitative estimate of drug-likeness (QED) is 0.794. The topological polar surface area (TPSA) is 84.2 Å². The highest BCUT2D eigenvalue weighted by molar-refractivity contribution is 5.97. The Balaban J connectivity index is 2.00. The van der Waals surface area contributed by atoms with Gasteiger partial charge in [0.1, 0.15) is 6.04 Å². The molecule has 0 radical (unpaired) electrons. The van der Waals surface area contributed by atoms with Gasteiger partial charge < -0.3 is 16.4 Å². The molecule has 2 aromatic carbocycles. The summed E-state index contributed by atoms with van der Waals surface area (Å²) in [7, 11) is 0. The van der Waals surface area contributed by atoms with Crippen molar-refractivity contribution in [1.29, 1.82) is 0 Å². The van der Waals surface area contributed by atoms with Crippen LogP contribution in [0.4, 0.5) is 11.4 Å². The smallest absolute Gasteiger partial charge is 0.248 e. The van der Waals surface area contributed by atoms with Gasteiger partial charge in [0.05, 0.1) is 0 Å². The average Bonchev–Trinajstić information content (AvgIpc) is 2.46. The third-order valence-corrected chi connectivity index (χ3v) is 3.44. The zero-order chi connectivity index (χ0) is 17.0. The number of carbonyl (C=O) groups excluding carboxylic acids is 2. The second kappa shape index (κ2) is 6.96. The summed E-state index contributed by atoms with van der Waals surface area (Å²) in [6.07, 6.45) is 0. The van der Waals surface area contributed by atoms with Crippen molar-refractivity contribution in [3.05, 3.63) is 59.2 Å². The van der Waals surface area contributed by atoms with E-state index in [2.05, 4.69) is 16.7 Å². The van der Waals surface area contributed by atoms with Crippen LogP contribution in [0.25, 0.3) is 0 Å². The van der Waals surface area contributed by atoms with Crippen molar-refractivity contribution in [2.75, 3.05) is 10.6 Å². The van der Waals surface area contributed by atoms with E-state index in [-0.39, 0.29) is 5.91 Å². The zero-order valence-corrected chi connectivity index (χ0v) is 13.5. The van der Waals surface area contributed by atoms with E-state index < -0.39 is 11.9 Å². The molecule has 5 nitrogen and oxygen atoms in total. The maximum Gasteiger partial charge on any atom is 0.248 e. The number of benzene rings is 2. The van der Waals surface area contributed by atoms with E-state index in [0.29, 0.717) is 11.3 Å². The van der Waals surface area contributed by atoms with Crippen molar-refractivity contribution in [3.8, 4) is 0 Å². The van der Waals surface area contributed by atoms with E-state index in [1.165, 1.54) is 0 Å². The van der Waals surface area contributed by atoms with Crippen LogP contribution in [0.2, 0.25) is 0 Å². The Kier molecular flexibility index (Phi) is 5.01. The van der Waals surface area contributed by atoms with Gasteiger partial charge in [0.15, 0.2) is 0 Å². The van der Waals surface area contributed by atoms with Gasteiger partial charge in [0, 0.05) is 16.9 Å². The van der Waals surface area contributed by atoms with Gasteiger partial charge in [0.2, 0.25) is 11.8 Å². The molecule has 0 spiro atoms. The molecule has 0 unspecified atom stereocenters. The van der Waals surface area contributed by atoms with Crippen molar-refractivity contribution in [3.63, 3.8) is 0 Å². The highest BCUT2D eigenvalue weighted by Gasteiger charge is 2.13. The number of amides is 2. The number of rotatable bonds is 5. The van der Waals surface area contributed by atoms with Gasteiger partial charge in [0.25, 0.3) is 0 Å². The average molecular weight is 311 g/mol. The van der Waals surface area contributed by atoms with E-state index >= 15 is 0 Å². The molecule has 4 N–H and O–H groups in total. The first-order valence-corrected chi connectivity index (χ1v) is 7.41. The molecule has 0 fully saturated rings. The number of carbonyl (C=O) groups is 2. The lowest BCUT2D eigenvalue weighted by atomic mass is 10.1. The third-order valence-electron chi connectivity index (χ3n) is 3.44. The lowest BCUT2D eigenvalue weighted by molar-refractivity contribution is -0.116. The minimum atomic E-state index is -0.493. The first-order chi connectivity index (χ1) is 10.8. The Hall–Kier alpha value is -2.82. The Morgan fingerprint density at radius 1 is 0.957 bits per heavy atom. The molecule has 0 aliphatic heterocycles. The molecule has 0 aliphatic rings. The van der Waals surface area contributed by atoms with E-state index in [1.54, 1.807) is 31.2 Å². The van der Waals surface area contributed by atoms with Gasteiger partial charge in [-0.15, -0.1) is 0 Å². The SMILES string of the molecule is Cc1cc(C)cc(N[C@@H](C)C(=O)Nc2ccc(C(N)=O)cc2)c1. The summed E-state index contributed by atoms with van der Waals surface area (Å²) in [6, 6.07) is 12.2. The Morgan fingerprint density at radius 2 is 1.52 bits per heavy atom. The van der Waals surface area contributed by atoms with E-state index in [4.69, 9.17) is 5.73 Å². The largest absolute Gasteiger partial charge is 0.374 e. The lowest BCUT2D eigenvalue weighted by Gasteiger charge is -2.16. The van der Waals surface area contributed by atoms with Gasteiger partial charge in [-0.3, -0.25) is 9.59 Å². The maximum absolute atomic E-state index is 12.2. The van der Waals surface area contributed by atoms with E-state index in [9.17, 15) is 9.59 Å². The van der Waals surface area contributed by atoms with Crippen LogP contribution in [0.15, 0.2) is 42.5 Å². The van der Waals surface area contributed by atoms with Gasteiger partial charge in [-0.25, -0.2) is 0 Å². The first-order valence-electron chi connectivity index (χ1n) is 7.41. The molecule has 120 valence electrons. The summed E-state index contributed by atoms with van der Waals surface area (Å²) in [6.45, 7) is 5.83. The number of aryl methyl sites for hydroxylation is 2. The van der Waals surface area contributed by atoms with Crippen LogP contribution in [0, 0.1) is 13.8 Å². The predicted octanol–water partition coefficient (Wildman–Crippen LogP) is 2.84. The minimum absolute atomic E-state index is 0.156. The van der Waals surface area contributed by atoms with E-state index in [0.717, 1.165) is 16.8 Å². The number of hydrogen-bond donors (Lipinski definition) is 3. The van der Waals surface area contributed by atoms with Crippen LogP contribution in [-0.2, 0) is 4.79 Å². The number of nitrogens with one attached hydrogen (secondary N) is 2. The first kappa shape index (κ1) is 16.5. The summed E-state index contributed by atoms with van der Waals surface area (Å²) >= 11 is 0. The van der Waals surface area contributed by atoms with Gasteiger partial charge in [-0.1, -0.05) is 6.07 Å².